The van der Waals surface area contributed by atoms with E-state index in [0.29, 0.717) is 6.04 Å². The summed E-state index contributed by atoms with van der Waals surface area (Å²) in [5.41, 5.74) is 10.1. The molecule has 0 unspecified atom stereocenters. The summed E-state index contributed by atoms with van der Waals surface area (Å²) < 4.78 is 0. The minimum Gasteiger partial charge on any atom is -0.396 e. The number of hydrogen-bond donors (Lipinski definition) is 2. The molecule has 3 N–H and O–H groups in total. The fraction of sp³-hybridized carbons (Fsp3) is 0.357. The van der Waals surface area contributed by atoms with Crippen molar-refractivity contribution in [3.63, 3.8) is 0 Å². The van der Waals surface area contributed by atoms with Gasteiger partial charge in [-0.3, -0.25) is 4.98 Å². The molecule has 0 bridgehead atoms. The number of nitrogen functional groups attached to an aromatic ring is 1. The second kappa shape index (κ2) is 3.91. The van der Waals surface area contributed by atoms with Gasteiger partial charge in [-0.2, -0.15) is 0 Å². The van der Waals surface area contributed by atoms with E-state index in [1.165, 1.54) is 24.8 Å². The number of nitrogens with one attached hydrogen (secondary N) is 1. The summed E-state index contributed by atoms with van der Waals surface area (Å²) in [6, 6.07) is 6.87. The summed E-state index contributed by atoms with van der Waals surface area (Å²) in [5.74, 6) is 0. The van der Waals surface area contributed by atoms with Crippen LogP contribution in [-0.4, -0.2) is 11.0 Å². The lowest BCUT2D eigenvalue weighted by atomic mass is 9.92. The first-order chi connectivity index (χ1) is 8.24. The Bertz CT molecular complexity index is 553. The number of pyridine rings is 1. The molecule has 1 aromatic heterocycles. The van der Waals surface area contributed by atoms with Gasteiger partial charge in [-0.1, -0.05) is 11.6 Å². The maximum absolute atomic E-state index is 6.04. The standard InChI is InChI=1S/C14H17N3/c1-9-5-6-13-11(7-9)14(12(15)8-16-13)17-10-3-2-4-10/h5-8,10H,2-4,15H2,1H3,(H,16,17). The van der Waals surface area contributed by atoms with E-state index in [9.17, 15) is 0 Å². The van der Waals surface area contributed by atoms with Crippen molar-refractivity contribution >= 4 is 22.3 Å². The van der Waals surface area contributed by atoms with Crippen molar-refractivity contribution in [3.05, 3.63) is 30.0 Å². The topological polar surface area (TPSA) is 50.9 Å². The highest BCUT2D eigenvalue weighted by Gasteiger charge is 2.19. The molecular formula is C14H17N3. The van der Waals surface area contributed by atoms with Gasteiger partial charge in [0.15, 0.2) is 0 Å². The predicted octanol–water partition coefficient (Wildman–Crippen LogP) is 3.09. The SMILES string of the molecule is Cc1ccc2ncc(N)c(NC3CCC3)c2c1. The molecule has 2 aromatic rings. The zero-order valence-electron chi connectivity index (χ0n) is 10.0. The van der Waals surface area contributed by atoms with E-state index < -0.39 is 0 Å². The molecule has 0 amide bonds. The Kier molecular flexibility index (Phi) is 2.39. The first-order valence-electron chi connectivity index (χ1n) is 6.15. The van der Waals surface area contributed by atoms with Crippen molar-refractivity contribution in [1.29, 1.82) is 0 Å². The summed E-state index contributed by atoms with van der Waals surface area (Å²) in [5, 5.41) is 4.69. The highest BCUT2D eigenvalue weighted by atomic mass is 15.0. The molecule has 3 rings (SSSR count). The summed E-state index contributed by atoms with van der Waals surface area (Å²) in [7, 11) is 0. The molecule has 1 fully saturated rings. The molecule has 0 aliphatic heterocycles. The second-order valence-corrected chi connectivity index (χ2v) is 4.88. The van der Waals surface area contributed by atoms with Gasteiger partial charge in [0.2, 0.25) is 0 Å². The molecule has 0 atom stereocenters. The van der Waals surface area contributed by atoms with Gasteiger partial charge in [-0.15, -0.1) is 0 Å². The summed E-state index contributed by atoms with van der Waals surface area (Å²) in [6.45, 7) is 2.09. The van der Waals surface area contributed by atoms with Crippen LogP contribution in [0.25, 0.3) is 10.9 Å². The van der Waals surface area contributed by atoms with Crippen LogP contribution in [0.2, 0.25) is 0 Å². The van der Waals surface area contributed by atoms with Crippen LogP contribution in [0.4, 0.5) is 11.4 Å². The molecule has 1 aromatic carbocycles. The van der Waals surface area contributed by atoms with Crippen LogP contribution in [0.5, 0.6) is 0 Å². The molecule has 88 valence electrons. The third-order valence-corrected chi connectivity index (χ3v) is 3.51. The maximum atomic E-state index is 6.04. The molecule has 0 radical (unpaired) electrons. The van der Waals surface area contributed by atoms with Gasteiger partial charge in [-0.05, 0) is 38.3 Å². The molecule has 3 nitrogen and oxygen atoms in total. The van der Waals surface area contributed by atoms with Crippen molar-refractivity contribution in [3.8, 4) is 0 Å². The monoisotopic (exact) mass is 227 g/mol. The molecular weight excluding hydrogens is 210 g/mol. The molecule has 1 saturated carbocycles. The normalized spacial score (nSPS) is 15.8. The highest BCUT2D eigenvalue weighted by molar-refractivity contribution is 5.97. The van der Waals surface area contributed by atoms with Crippen molar-refractivity contribution in [2.24, 2.45) is 0 Å². The second-order valence-electron chi connectivity index (χ2n) is 4.88. The third kappa shape index (κ3) is 1.82. The van der Waals surface area contributed by atoms with E-state index in [0.717, 1.165) is 22.3 Å². The first-order valence-corrected chi connectivity index (χ1v) is 6.15. The van der Waals surface area contributed by atoms with Gasteiger partial charge in [0.25, 0.3) is 0 Å². The smallest absolute Gasteiger partial charge is 0.0743 e. The Labute approximate surface area is 101 Å². The van der Waals surface area contributed by atoms with Crippen molar-refractivity contribution < 1.29 is 0 Å². The molecule has 17 heavy (non-hydrogen) atoms. The molecule has 3 heteroatoms. The van der Waals surface area contributed by atoms with Gasteiger partial charge in [0.1, 0.15) is 0 Å². The largest absolute Gasteiger partial charge is 0.396 e. The highest BCUT2D eigenvalue weighted by Crippen LogP contribution is 2.32. The number of nitrogens with zero attached hydrogens (tertiary/aromatic N) is 1. The molecule has 1 heterocycles. The van der Waals surface area contributed by atoms with E-state index in [4.69, 9.17) is 5.73 Å². The predicted molar refractivity (Wildman–Crippen MR) is 72.2 cm³/mol. The molecule has 1 aliphatic rings. The zero-order chi connectivity index (χ0) is 11.8. The minimum atomic E-state index is 0.586. The quantitative estimate of drug-likeness (QED) is 0.829. The van der Waals surface area contributed by atoms with Gasteiger partial charge in [0.05, 0.1) is 23.1 Å². The van der Waals surface area contributed by atoms with Crippen LogP contribution >= 0.6 is 0 Å². The van der Waals surface area contributed by atoms with E-state index in [2.05, 4.69) is 35.4 Å². The van der Waals surface area contributed by atoms with Gasteiger partial charge >= 0.3 is 0 Å². The minimum absolute atomic E-state index is 0.586. The van der Waals surface area contributed by atoms with Crippen molar-refractivity contribution in [1.82, 2.24) is 4.98 Å². The van der Waals surface area contributed by atoms with Crippen molar-refractivity contribution in [2.75, 3.05) is 11.1 Å². The first kappa shape index (κ1) is 10.4. The van der Waals surface area contributed by atoms with Crippen LogP contribution < -0.4 is 11.1 Å². The fourth-order valence-electron chi connectivity index (χ4n) is 2.24. The lowest BCUT2D eigenvalue weighted by Crippen LogP contribution is -2.27. The van der Waals surface area contributed by atoms with Gasteiger partial charge in [0, 0.05) is 11.4 Å². The van der Waals surface area contributed by atoms with Crippen molar-refractivity contribution in [2.45, 2.75) is 32.2 Å². The van der Waals surface area contributed by atoms with E-state index in [1.807, 2.05) is 0 Å². The average molecular weight is 227 g/mol. The number of aromatic nitrogens is 1. The lowest BCUT2D eigenvalue weighted by Gasteiger charge is -2.28. The van der Waals surface area contributed by atoms with Crippen LogP contribution in [0.15, 0.2) is 24.4 Å². The van der Waals surface area contributed by atoms with E-state index in [-0.39, 0.29) is 0 Å². The Morgan fingerprint density at radius 1 is 1.35 bits per heavy atom. The molecule has 1 aliphatic carbocycles. The van der Waals surface area contributed by atoms with E-state index >= 15 is 0 Å². The number of nitrogens with two attached hydrogens (primary N) is 1. The number of hydrogen-bond acceptors (Lipinski definition) is 3. The Balaban J connectivity index is 2.11. The van der Waals surface area contributed by atoms with Gasteiger partial charge in [-0.25, -0.2) is 0 Å². The number of aryl methyl sites for hydroxylation is 1. The van der Waals surface area contributed by atoms with Crippen LogP contribution in [0.1, 0.15) is 24.8 Å². The zero-order valence-corrected chi connectivity index (χ0v) is 10.0. The summed E-state index contributed by atoms with van der Waals surface area (Å²) in [6.07, 6.45) is 5.56. The van der Waals surface area contributed by atoms with E-state index in [1.54, 1.807) is 6.20 Å². The Morgan fingerprint density at radius 3 is 2.88 bits per heavy atom. The lowest BCUT2D eigenvalue weighted by molar-refractivity contribution is 0.446. The number of fused-ring (bicyclic) bond motifs is 1. The third-order valence-electron chi connectivity index (χ3n) is 3.51. The summed E-state index contributed by atoms with van der Waals surface area (Å²) in [4.78, 5) is 4.37. The van der Waals surface area contributed by atoms with Gasteiger partial charge < -0.3 is 11.1 Å². The number of anilines is 2. The van der Waals surface area contributed by atoms with Crippen LogP contribution in [0, 0.1) is 6.92 Å². The Morgan fingerprint density at radius 2 is 2.18 bits per heavy atom. The number of rotatable bonds is 2. The average Bonchev–Trinajstić information content (AvgIpc) is 2.25. The Hall–Kier alpha value is -1.77. The van der Waals surface area contributed by atoms with Crippen LogP contribution in [0.3, 0.4) is 0 Å². The number of benzene rings is 1. The molecule has 0 saturated heterocycles. The van der Waals surface area contributed by atoms with Crippen LogP contribution in [-0.2, 0) is 0 Å². The molecule has 0 spiro atoms. The maximum Gasteiger partial charge on any atom is 0.0743 e. The summed E-state index contributed by atoms with van der Waals surface area (Å²) >= 11 is 0. The fourth-order valence-corrected chi connectivity index (χ4v) is 2.24.